The van der Waals surface area contributed by atoms with E-state index in [4.69, 9.17) is 9.47 Å². The lowest BCUT2D eigenvalue weighted by molar-refractivity contribution is -0.0813. The van der Waals surface area contributed by atoms with Crippen LogP contribution in [0.15, 0.2) is 103 Å². The minimum absolute atomic E-state index is 0.0686. The third-order valence-electron chi connectivity index (χ3n) is 8.24. The fourth-order valence-electron chi connectivity index (χ4n) is 5.74. The first-order valence-electron chi connectivity index (χ1n) is 17.0. The second kappa shape index (κ2) is 21.9. The van der Waals surface area contributed by atoms with E-state index < -0.39 is 5.60 Å². The van der Waals surface area contributed by atoms with Crippen molar-refractivity contribution >= 4 is 0 Å². The van der Waals surface area contributed by atoms with Gasteiger partial charge in [-0.05, 0) is 48.8 Å². The van der Waals surface area contributed by atoms with Crippen molar-refractivity contribution < 1.29 is 14.6 Å². The lowest BCUT2D eigenvalue weighted by Crippen LogP contribution is -2.37. The van der Waals surface area contributed by atoms with E-state index in [-0.39, 0.29) is 12.7 Å². The van der Waals surface area contributed by atoms with Crippen molar-refractivity contribution in [3.05, 3.63) is 120 Å². The van der Waals surface area contributed by atoms with Crippen LogP contribution in [0, 0.1) is 0 Å². The van der Waals surface area contributed by atoms with Crippen molar-refractivity contribution in [1.29, 1.82) is 0 Å². The van der Waals surface area contributed by atoms with Crippen molar-refractivity contribution in [2.24, 2.45) is 0 Å². The van der Waals surface area contributed by atoms with Gasteiger partial charge < -0.3 is 14.6 Å². The molecule has 1 atom stereocenters. The Labute approximate surface area is 262 Å². The Balaban J connectivity index is 1.39. The molecule has 0 fully saturated rings. The normalized spacial score (nSPS) is 12.6. The number of allylic oxidation sites excluding steroid dienone is 2. The van der Waals surface area contributed by atoms with E-state index in [1.165, 1.54) is 77.0 Å². The largest absolute Gasteiger partial charge is 0.394 e. The summed E-state index contributed by atoms with van der Waals surface area (Å²) in [5.41, 5.74) is 2.36. The standard InChI is InChI=1S/C40H56O3/c1-2-3-4-5-6-7-8-9-10-11-12-13-14-15-16-26-33-42-39(34-41)35-43-40(36-27-20-17-21-28-36,37-29-22-18-23-30-37)38-31-24-19-25-32-38/h9-10,17-25,27-32,39,41H,2-8,11-16,26,33-35H2,1H3. The zero-order chi connectivity index (χ0) is 30.3. The summed E-state index contributed by atoms with van der Waals surface area (Å²) in [6, 6.07) is 31.0. The highest BCUT2D eigenvalue weighted by Gasteiger charge is 2.38. The van der Waals surface area contributed by atoms with Crippen LogP contribution < -0.4 is 0 Å². The summed E-state index contributed by atoms with van der Waals surface area (Å²) < 4.78 is 13.0. The maximum absolute atomic E-state index is 10.2. The topological polar surface area (TPSA) is 38.7 Å². The Hall–Kier alpha value is -2.72. The minimum atomic E-state index is -0.802. The molecule has 0 aliphatic heterocycles. The van der Waals surface area contributed by atoms with Gasteiger partial charge >= 0.3 is 0 Å². The van der Waals surface area contributed by atoms with Gasteiger partial charge in [0.2, 0.25) is 0 Å². The number of aliphatic hydroxyl groups is 1. The molecule has 0 saturated carbocycles. The van der Waals surface area contributed by atoms with E-state index in [1.54, 1.807) is 0 Å². The van der Waals surface area contributed by atoms with Crippen LogP contribution >= 0.6 is 0 Å². The molecular formula is C40H56O3. The summed E-state index contributed by atoms with van der Waals surface area (Å²) in [7, 11) is 0. The van der Waals surface area contributed by atoms with E-state index in [9.17, 15) is 5.11 Å². The average Bonchev–Trinajstić information content (AvgIpc) is 3.07. The number of rotatable bonds is 24. The SMILES string of the molecule is CCCCCCCCC=CCCCCCCCCOC(CO)COC(c1ccccc1)(c1ccccc1)c1ccccc1. The number of hydrogen-bond acceptors (Lipinski definition) is 3. The first kappa shape index (κ1) is 34.8. The lowest BCUT2D eigenvalue weighted by Gasteiger charge is -2.37. The van der Waals surface area contributed by atoms with Crippen LogP contribution in [0.5, 0.6) is 0 Å². The highest BCUT2D eigenvalue weighted by molar-refractivity contribution is 5.47. The number of ether oxygens (including phenoxy) is 2. The van der Waals surface area contributed by atoms with Crippen molar-refractivity contribution in [3.63, 3.8) is 0 Å². The number of aliphatic hydroxyl groups excluding tert-OH is 1. The molecule has 3 nitrogen and oxygen atoms in total. The molecule has 0 heterocycles. The van der Waals surface area contributed by atoms with E-state index in [2.05, 4.69) is 55.5 Å². The first-order chi connectivity index (χ1) is 21.3. The van der Waals surface area contributed by atoms with Crippen molar-refractivity contribution in [2.75, 3.05) is 19.8 Å². The summed E-state index contributed by atoms with van der Waals surface area (Å²) in [5.74, 6) is 0. The molecule has 3 aromatic rings. The predicted molar refractivity (Wildman–Crippen MR) is 181 cm³/mol. The van der Waals surface area contributed by atoms with Gasteiger partial charge in [-0.1, -0.05) is 168 Å². The third kappa shape index (κ3) is 12.4. The molecule has 0 radical (unpaired) electrons. The van der Waals surface area contributed by atoms with Gasteiger partial charge in [-0.15, -0.1) is 0 Å². The molecule has 0 amide bonds. The monoisotopic (exact) mass is 584 g/mol. The molecule has 0 aromatic heterocycles. The lowest BCUT2D eigenvalue weighted by atomic mass is 9.80. The van der Waals surface area contributed by atoms with Crippen molar-refractivity contribution in [3.8, 4) is 0 Å². The van der Waals surface area contributed by atoms with Gasteiger partial charge in [-0.25, -0.2) is 0 Å². The van der Waals surface area contributed by atoms with Crippen LogP contribution in [-0.4, -0.2) is 31.0 Å². The van der Waals surface area contributed by atoms with Gasteiger partial charge in [0, 0.05) is 6.61 Å². The van der Waals surface area contributed by atoms with Crippen molar-refractivity contribution in [1.82, 2.24) is 0 Å². The fraction of sp³-hybridized carbons (Fsp3) is 0.500. The predicted octanol–water partition coefficient (Wildman–Crippen LogP) is 10.4. The summed E-state index contributed by atoms with van der Waals surface area (Å²) in [5, 5.41) is 10.2. The van der Waals surface area contributed by atoms with Gasteiger partial charge in [0.15, 0.2) is 0 Å². The second-order valence-corrected chi connectivity index (χ2v) is 11.7. The van der Waals surface area contributed by atoms with Gasteiger partial charge in [0.05, 0.1) is 13.2 Å². The summed E-state index contributed by atoms with van der Waals surface area (Å²) in [6.07, 6.45) is 22.4. The maximum atomic E-state index is 10.2. The van der Waals surface area contributed by atoms with Crippen LogP contribution in [0.3, 0.4) is 0 Å². The highest BCUT2D eigenvalue weighted by atomic mass is 16.5. The Kier molecular flexibility index (Phi) is 17.7. The Morgan fingerprint density at radius 2 is 1.00 bits per heavy atom. The molecule has 234 valence electrons. The molecule has 1 unspecified atom stereocenters. The third-order valence-corrected chi connectivity index (χ3v) is 8.24. The average molecular weight is 585 g/mol. The molecule has 3 aromatic carbocycles. The number of benzene rings is 3. The van der Waals surface area contributed by atoms with Crippen LogP contribution in [0.1, 0.15) is 114 Å². The summed E-state index contributed by atoms with van der Waals surface area (Å²) >= 11 is 0. The molecule has 1 N–H and O–H groups in total. The Morgan fingerprint density at radius 3 is 1.44 bits per heavy atom. The van der Waals surface area contributed by atoms with Crippen molar-refractivity contribution in [2.45, 2.75) is 109 Å². The smallest absolute Gasteiger partial charge is 0.143 e. The van der Waals surface area contributed by atoms with Gasteiger partial charge in [0.1, 0.15) is 11.7 Å². The van der Waals surface area contributed by atoms with Crippen LogP contribution in [0.2, 0.25) is 0 Å². The van der Waals surface area contributed by atoms with E-state index >= 15 is 0 Å². The molecule has 3 heteroatoms. The zero-order valence-corrected chi connectivity index (χ0v) is 26.7. The number of hydrogen-bond donors (Lipinski definition) is 1. The zero-order valence-electron chi connectivity index (χ0n) is 26.7. The van der Waals surface area contributed by atoms with Crippen LogP contribution in [0.25, 0.3) is 0 Å². The quantitative estimate of drug-likeness (QED) is 0.0647. The Bertz CT molecular complexity index is 984. The molecule has 0 bridgehead atoms. The van der Waals surface area contributed by atoms with E-state index in [0.29, 0.717) is 13.2 Å². The molecular weight excluding hydrogens is 528 g/mol. The summed E-state index contributed by atoms with van der Waals surface area (Å²) in [4.78, 5) is 0. The molecule has 0 aliphatic rings. The molecule has 3 rings (SSSR count). The second-order valence-electron chi connectivity index (χ2n) is 11.7. The van der Waals surface area contributed by atoms with Crippen LogP contribution in [0.4, 0.5) is 0 Å². The molecule has 0 aliphatic carbocycles. The van der Waals surface area contributed by atoms with Gasteiger partial charge in [-0.3, -0.25) is 0 Å². The van der Waals surface area contributed by atoms with Crippen LogP contribution in [-0.2, 0) is 15.1 Å². The molecule has 43 heavy (non-hydrogen) atoms. The number of unbranched alkanes of at least 4 members (excludes halogenated alkanes) is 12. The highest BCUT2D eigenvalue weighted by Crippen LogP contribution is 2.40. The van der Waals surface area contributed by atoms with Gasteiger partial charge in [-0.2, -0.15) is 0 Å². The van der Waals surface area contributed by atoms with E-state index in [1.807, 2.05) is 54.6 Å². The molecule has 0 saturated heterocycles. The first-order valence-corrected chi connectivity index (χ1v) is 17.0. The summed E-state index contributed by atoms with van der Waals surface area (Å²) in [6.45, 7) is 3.14. The molecule has 0 spiro atoms. The van der Waals surface area contributed by atoms with E-state index in [0.717, 1.165) is 29.5 Å². The van der Waals surface area contributed by atoms with Gasteiger partial charge in [0.25, 0.3) is 0 Å². The maximum Gasteiger partial charge on any atom is 0.143 e. The fourth-order valence-corrected chi connectivity index (χ4v) is 5.74. The minimum Gasteiger partial charge on any atom is -0.394 e. The Morgan fingerprint density at radius 1 is 0.581 bits per heavy atom.